The topological polar surface area (TPSA) is 55.1 Å². The molecule has 128 valence electrons. The molecule has 0 spiro atoms. The van der Waals surface area contributed by atoms with Gasteiger partial charge in [0.2, 0.25) is 0 Å². The second kappa shape index (κ2) is 6.24. The fourth-order valence-corrected chi connectivity index (χ4v) is 3.74. The van der Waals surface area contributed by atoms with Crippen LogP contribution in [0, 0.1) is 5.82 Å². The Kier molecular flexibility index (Phi) is 4.05. The van der Waals surface area contributed by atoms with Gasteiger partial charge in [-0.3, -0.25) is 0 Å². The predicted molar refractivity (Wildman–Crippen MR) is 99.0 cm³/mol. The summed E-state index contributed by atoms with van der Waals surface area (Å²) in [6, 6.07) is 6.37. The van der Waals surface area contributed by atoms with E-state index in [-0.39, 0.29) is 5.82 Å². The minimum absolute atomic E-state index is 0.280. The number of thiazole rings is 1. The highest BCUT2D eigenvalue weighted by Gasteiger charge is 2.14. The van der Waals surface area contributed by atoms with E-state index in [9.17, 15) is 4.39 Å². The smallest absolute Gasteiger partial charge is 0.162 e. The molecule has 25 heavy (non-hydrogen) atoms. The number of hydrogen-bond acceptors (Lipinski definition) is 5. The van der Waals surface area contributed by atoms with Gasteiger partial charge in [0.25, 0.3) is 0 Å². The number of anilines is 1. The van der Waals surface area contributed by atoms with Crippen LogP contribution in [0.2, 0.25) is 5.15 Å². The molecule has 4 rings (SSSR count). The Morgan fingerprint density at radius 3 is 2.92 bits per heavy atom. The normalized spacial score (nSPS) is 11.7. The van der Waals surface area contributed by atoms with Gasteiger partial charge in [-0.05, 0) is 18.1 Å². The van der Waals surface area contributed by atoms with E-state index in [4.69, 9.17) is 11.6 Å². The molecule has 5 nitrogen and oxygen atoms in total. The molecule has 0 aliphatic heterocycles. The van der Waals surface area contributed by atoms with Gasteiger partial charge in [0.05, 0.1) is 23.0 Å². The lowest BCUT2D eigenvalue weighted by molar-refractivity contribution is 0.629. The van der Waals surface area contributed by atoms with Crippen molar-refractivity contribution in [2.24, 2.45) is 0 Å². The summed E-state index contributed by atoms with van der Waals surface area (Å²) < 4.78 is 16.0. The van der Waals surface area contributed by atoms with Gasteiger partial charge in [-0.1, -0.05) is 25.4 Å². The van der Waals surface area contributed by atoms with Crippen molar-refractivity contribution in [3.05, 3.63) is 52.0 Å². The van der Waals surface area contributed by atoms with Crippen LogP contribution < -0.4 is 5.32 Å². The van der Waals surface area contributed by atoms with E-state index in [1.165, 1.54) is 23.5 Å². The SMILES string of the molecule is CC(C)c1cnn2c(NCc3nc4cc(F)ccc4s3)cc(Cl)nc12. The minimum Gasteiger partial charge on any atom is -0.363 e. The quantitative estimate of drug-likeness (QED) is 0.517. The van der Waals surface area contributed by atoms with E-state index >= 15 is 0 Å². The summed E-state index contributed by atoms with van der Waals surface area (Å²) in [4.78, 5) is 8.85. The third-order valence-corrected chi connectivity index (χ3v) is 5.13. The third-order valence-electron chi connectivity index (χ3n) is 3.90. The van der Waals surface area contributed by atoms with Crippen molar-refractivity contribution in [3.63, 3.8) is 0 Å². The van der Waals surface area contributed by atoms with E-state index in [0.717, 1.165) is 26.7 Å². The molecule has 0 atom stereocenters. The van der Waals surface area contributed by atoms with Gasteiger partial charge in [0.15, 0.2) is 5.65 Å². The average Bonchev–Trinajstić information content (AvgIpc) is 3.15. The summed E-state index contributed by atoms with van der Waals surface area (Å²) >= 11 is 7.70. The predicted octanol–water partition coefficient (Wildman–Crippen LogP) is 4.87. The number of rotatable bonds is 4. The highest BCUT2D eigenvalue weighted by Crippen LogP contribution is 2.26. The first-order valence-corrected chi connectivity index (χ1v) is 9.04. The fraction of sp³-hybridized carbons (Fsp3) is 0.235. The van der Waals surface area contributed by atoms with Crippen molar-refractivity contribution in [1.29, 1.82) is 0 Å². The van der Waals surface area contributed by atoms with Crippen molar-refractivity contribution in [3.8, 4) is 0 Å². The summed E-state index contributed by atoms with van der Waals surface area (Å²) in [6.45, 7) is 4.67. The van der Waals surface area contributed by atoms with Crippen LogP contribution in [-0.2, 0) is 6.54 Å². The maximum Gasteiger partial charge on any atom is 0.162 e. The first kappa shape index (κ1) is 16.2. The second-order valence-corrected chi connectivity index (χ2v) is 7.53. The Morgan fingerprint density at radius 2 is 2.12 bits per heavy atom. The molecular formula is C17H15ClFN5S. The molecule has 0 saturated heterocycles. The zero-order valence-electron chi connectivity index (χ0n) is 13.6. The van der Waals surface area contributed by atoms with Gasteiger partial charge >= 0.3 is 0 Å². The van der Waals surface area contributed by atoms with Crippen molar-refractivity contribution in [2.45, 2.75) is 26.3 Å². The van der Waals surface area contributed by atoms with Crippen LogP contribution in [0.1, 0.15) is 30.3 Å². The van der Waals surface area contributed by atoms with Crippen LogP contribution in [0.4, 0.5) is 10.2 Å². The zero-order valence-corrected chi connectivity index (χ0v) is 15.2. The Balaban J connectivity index is 1.65. The maximum absolute atomic E-state index is 13.3. The molecule has 0 aliphatic rings. The van der Waals surface area contributed by atoms with Crippen LogP contribution in [0.5, 0.6) is 0 Å². The van der Waals surface area contributed by atoms with Crippen LogP contribution in [0.3, 0.4) is 0 Å². The molecule has 1 aromatic carbocycles. The molecule has 0 aliphatic carbocycles. The molecule has 8 heteroatoms. The molecule has 0 saturated carbocycles. The number of aromatic nitrogens is 4. The van der Waals surface area contributed by atoms with Crippen molar-refractivity contribution >= 4 is 44.6 Å². The van der Waals surface area contributed by atoms with Crippen LogP contribution >= 0.6 is 22.9 Å². The Bertz CT molecular complexity index is 1070. The lowest BCUT2D eigenvalue weighted by Gasteiger charge is -2.08. The zero-order chi connectivity index (χ0) is 17.6. The Morgan fingerprint density at radius 1 is 1.28 bits per heavy atom. The number of halogens is 2. The first-order chi connectivity index (χ1) is 12.0. The molecule has 4 aromatic rings. The third kappa shape index (κ3) is 3.05. The van der Waals surface area contributed by atoms with Crippen molar-refractivity contribution < 1.29 is 4.39 Å². The molecule has 1 N–H and O–H groups in total. The first-order valence-electron chi connectivity index (χ1n) is 7.84. The highest BCUT2D eigenvalue weighted by atomic mass is 35.5. The minimum atomic E-state index is -0.280. The Labute approximate surface area is 152 Å². The molecule has 0 unspecified atom stereocenters. The van der Waals surface area contributed by atoms with E-state index < -0.39 is 0 Å². The van der Waals surface area contributed by atoms with Gasteiger partial charge in [-0.2, -0.15) is 9.61 Å². The molecule has 3 aromatic heterocycles. The number of nitrogens with zero attached hydrogens (tertiary/aromatic N) is 4. The molecule has 0 radical (unpaired) electrons. The summed E-state index contributed by atoms with van der Waals surface area (Å²) in [5.74, 6) is 0.764. The van der Waals surface area contributed by atoms with E-state index in [0.29, 0.717) is 23.1 Å². The maximum atomic E-state index is 13.3. The lowest BCUT2D eigenvalue weighted by atomic mass is 10.1. The highest BCUT2D eigenvalue weighted by molar-refractivity contribution is 7.18. The van der Waals surface area contributed by atoms with Gasteiger partial charge in [-0.15, -0.1) is 11.3 Å². The van der Waals surface area contributed by atoms with E-state index in [1.807, 2.05) is 6.20 Å². The molecule has 0 amide bonds. The monoisotopic (exact) mass is 375 g/mol. The summed E-state index contributed by atoms with van der Waals surface area (Å²) in [7, 11) is 0. The van der Waals surface area contributed by atoms with Gasteiger partial charge in [0, 0.05) is 17.7 Å². The summed E-state index contributed by atoms with van der Waals surface area (Å²) in [5.41, 5.74) is 2.46. The average molecular weight is 376 g/mol. The van der Waals surface area contributed by atoms with E-state index in [2.05, 4.69) is 34.2 Å². The van der Waals surface area contributed by atoms with Crippen LogP contribution in [0.25, 0.3) is 15.9 Å². The van der Waals surface area contributed by atoms with Crippen molar-refractivity contribution in [2.75, 3.05) is 5.32 Å². The van der Waals surface area contributed by atoms with Crippen LogP contribution in [-0.4, -0.2) is 19.6 Å². The number of nitrogens with one attached hydrogen (secondary N) is 1. The number of benzene rings is 1. The van der Waals surface area contributed by atoms with Crippen LogP contribution in [0.15, 0.2) is 30.5 Å². The molecule has 0 bridgehead atoms. The number of hydrogen-bond donors (Lipinski definition) is 1. The largest absolute Gasteiger partial charge is 0.363 e. The molecule has 3 heterocycles. The van der Waals surface area contributed by atoms with E-state index in [1.54, 1.807) is 16.6 Å². The standard InChI is InChI=1S/C17H15ClFN5S/c1-9(2)11-7-21-24-15(6-14(18)23-17(11)24)20-8-16-22-12-5-10(19)3-4-13(12)25-16/h3-7,9,20H,8H2,1-2H3. The summed E-state index contributed by atoms with van der Waals surface area (Å²) in [6.07, 6.45) is 1.81. The second-order valence-electron chi connectivity index (χ2n) is 6.03. The molecular weight excluding hydrogens is 361 g/mol. The molecule has 0 fully saturated rings. The lowest BCUT2D eigenvalue weighted by Crippen LogP contribution is -2.06. The Hall–Kier alpha value is -2.25. The number of fused-ring (bicyclic) bond motifs is 2. The van der Waals surface area contributed by atoms with Crippen molar-refractivity contribution in [1.82, 2.24) is 19.6 Å². The van der Waals surface area contributed by atoms with Gasteiger partial charge in [0.1, 0.15) is 21.8 Å². The fourth-order valence-electron chi connectivity index (χ4n) is 2.67. The van der Waals surface area contributed by atoms with Gasteiger partial charge in [-0.25, -0.2) is 14.4 Å². The van der Waals surface area contributed by atoms with Gasteiger partial charge < -0.3 is 5.32 Å². The summed E-state index contributed by atoms with van der Waals surface area (Å²) in [5, 5.41) is 8.98.